The first-order valence-corrected chi connectivity index (χ1v) is 10.0. The number of carbonyl (C=O) groups is 1. The lowest BCUT2D eigenvalue weighted by Crippen LogP contribution is -2.32. The number of hydrogen-bond acceptors (Lipinski definition) is 3. The maximum atomic E-state index is 12.9. The topological polar surface area (TPSA) is 35.5 Å². The Hall–Kier alpha value is -1.35. The Morgan fingerprint density at radius 1 is 1.31 bits per heavy atom. The fourth-order valence-electron chi connectivity index (χ4n) is 3.66. The summed E-state index contributed by atoms with van der Waals surface area (Å²) < 4.78 is 11.8. The van der Waals surface area contributed by atoms with E-state index >= 15 is 0 Å². The van der Waals surface area contributed by atoms with Gasteiger partial charge in [-0.1, -0.05) is 72.2 Å². The minimum atomic E-state index is -0.283. The summed E-state index contributed by atoms with van der Waals surface area (Å²) in [6.07, 6.45) is 4.12. The molecule has 0 radical (unpaired) electrons. The summed E-state index contributed by atoms with van der Waals surface area (Å²) in [5.74, 6) is -0.399. The molecule has 3 heteroatoms. The van der Waals surface area contributed by atoms with Crippen LogP contribution in [0.4, 0.5) is 0 Å². The van der Waals surface area contributed by atoms with E-state index in [0.29, 0.717) is 6.61 Å². The molecular weight excluding hydrogens is 324 g/mol. The van der Waals surface area contributed by atoms with Crippen molar-refractivity contribution in [2.75, 3.05) is 13.2 Å². The zero-order valence-electron chi connectivity index (χ0n) is 17.4. The van der Waals surface area contributed by atoms with Crippen molar-refractivity contribution in [1.82, 2.24) is 0 Å². The Morgan fingerprint density at radius 3 is 2.58 bits per heavy atom. The molecule has 1 aromatic rings. The first-order valence-electron chi connectivity index (χ1n) is 10.0. The molecule has 1 aliphatic rings. The fourth-order valence-corrected chi connectivity index (χ4v) is 3.66. The molecule has 2 rings (SSSR count). The van der Waals surface area contributed by atoms with Crippen LogP contribution in [-0.4, -0.2) is 19.2 Å². The average molecular weight is 361 g/mol. The summed E-state index contributed by atoms with van der Waals surface area (Å²) in [5, 5.41) is 0. The molecule has 2 unspecified atom stereocenters. The maximum Gasteiger partial charge on any atom is 0.313 e. The van der Waals surface area contributed by atoms with Gasteiger partial charge >= 0.3 is 5.97 Å². The van der Waals surface area contributed by atoms with Gasteiger partial charge in [-0.25, -0.2) is 0 Å². The molecule has 1 fully saturated rings. The second-order valence-corrected chi connectivity index (χ2v) is 9.45. The second-order valence-electron chi connectivity index (χ2n) is 9.45. The molecule has 1 aromatic carbocycles. The summed E-state index contributed by atoms with van der Waals surface area (Å²) in [6, 6.07) is 8.26. The summed E-state index contributed by atoms with van der Waals surface area (Å²) in [5.41, 5.74) is 2.22. The van der Waals surface area contributed by atoms with Crippen LogP contribution in [0.3, 0.4) is 0 Å². The monoisotopic (exact) mass is 360 g/mol. The third-order valence-corrected chi connectivity index (χ3v) is 5.26. The Bertz CT molecular complexity index is 588. The van der Waals surface area contributed by atoms with Gasteiger partial charge in [0.25, 0.3) is 0 Å². The van der Waals surface area contributed by atoms with E-state index in [2.05, 4.69) is 53.7 Å². The van der Waals surface area contributed by atoms with Crippen molar-refractivity contribution in [3.8, 4) is 0 Å². The molecule has 0 aliphatic carbocycles. The van der Waals surface area contributed by atoms with Gasteiger partial charge in [0, 0.05) is 0 Å². The summed E-state index contributed by atoms with van der Waals surface area (Å²) in [7, 11) is 0. The Morgan fingerprint density at radius 2 is 2.00 bits per heavy atom. The summed E-state index contributed by atoms with van der Waals surface area (Å²) >= 11 is 0. The highest BCUT2D eigenvalue weighted by molar-refractivity contribution is 5.79. The molecule has 0 spiro atoms. The Kier molecular flexibility index (Phi) is 6.90. The van der Waals surface area contributed by atoms with Gasteiger partial charge in [-0.15, -0.1) is 0 Å². The van der Waals surface area contributed by atoms with E-state index in [1.54, 1.807) is 0 Å². The molecule has 146 valence electrons. The first-order chi connectivity index (χ1) is 12.2. The zero-order valence-corrected chi connectivity index (χ0v) is 17.4. The van der Waals surface area contributed by atoms with Crippen LogP contribution < -0.4 is 0 Å². The maximum absolute atomic E-state index is 12.9. The minimum absolute atomic E-state index is 0.0625. The van der Waals surface area contributed by atoms with Crippen molar-refractivity contribution in [2.45, 2.75) is 79.2 Å². The number of carbonyl (C=O) groups excluding carboxylic acids is 1. The van der Waals surface area contributed by atoms with E-state index in [9.17, 15) is 4.79 Å². The molecule has 0 bridgehead atoms. The third-order valence-electron chi connectivity index (χ3n) is 5.26. The zero-order chi connectivity index (χ0) is 19.4. The molecule has 1 heterocycles. The molecule has 1 aliphatic heterocycles. The van der Waals surface area contributed by atoms with Crippen LogP contribution in [-0.2, 0) is 14.3 Å². The first kappa shape index (κ1) is 21.0. The number of esters is 1. The standard InChI is InChI=1S/C23H36O3/c1-7-8-15-25-21(24)20(22(2,3)4)18-12-10-9-11-17(18)19-13-14-23(5,6)16-26-19/h9-12,19-20H,7-8,13-16H2,1-6H3. The number of unbranched alkanes of at least 4 members (excludes halogenated alkanes) is 1. The normalized spacial score (nSPS) is 21.2. The number of hydrogen-bond donors (Lipinski definition) is 0. The molecule has 0 saturated carbocycles. The molecule has 2 atom stereocenters. The van der Waals surface area contributed by atoms with Crippen LogP contribution >= 0.6 is 0 Å². The molecule has 0 amide bonds. The smallest absolute Gasteiger partial charge is 0.313 e. The van der Waals surface area contributed by atoms with Crippen molar-refractivity contribution in [1.29, 1.82) is 0 Å². The summed E-state index contributed by atoms with van der Waals surface area (Å²) in [4.78, 5) is 12.9. The van der Waals surface area contributed by atoms with E-state index in [0.717, 1.165) is 43.4 Å². The van der Waals surface area contributed by atoms with Gasteiger partial charge in [-0.3, -0.25) is 4.79 Å². The van der Waals surface area contributed by atoms with E-state index in [1.807, 2.05) is 12.1 Å². The highest BCUT2D eigenvalue weighted by Crippen LogP contribution is 2.43. The van der Waals surface area contributed by atoms with Gasteiger partial charge in [0.1, 0.15) is 0 Å². The van der Waals surface area contributed by atoms with E-state index < -0.39 is 0 Å². The third kappa shape index (κ3) is 5.33. The van der Waals surface area contributed by atoms with Crippen LogP contribution in [0.25, 0.3) is 0 Å². The highest BCUT2D eigenvalue weighted by Gasteiger charge is 2.38. The lowest BCUT2D eigenvalue weighted by Gasteiger charge is -2.37. The van der Waals surface area contributed by atoms with Crippen molar-refractivity contribution >= 4 is 5.97 Å². The highest BCUT2D eigenvalue weighted by atomic mass is 16.5. The SMILES string of the molecule is CCCCOC(=O)C(c1ccccc1C1CCC(C)(C)CO1)C(C)(C)C. The number of ether oxygens (including phenoxy) is 2. The van der Waals surface area contributed by atoms with Crippen LogP contribution in [0, 0.1) is 10.8 Å². The largest absolute Gasteiger partial charge is 0.465 e. The number of rotatable bonds is 6. The van der Waals surface area contributed by atoms with Crippen molar-refractivity contribution in [3.05, 3.63) is 35.4 Å². The van der Waals surface area contributed by atoms with Crippen molar-refractivity contribution in [3.63, 3.8) is 0 Å². The van der Waals surface area contributed by atoms with E-state index in [-0.39, 0.29) is 28.8 Å². The van der Waals surface area contributed by atoms with E-state index in [4.69, 9.17) is 9.47 Å². The number of benzene rings is 1. The van der Waals surface area contributed by atoms with Gasteiger partial charge in [-0.05, 0) is 41.2 Å². The predicted molar refractivity (Wildman–Crippen MR) is 106 cm³/mol. The van der Waals surface area contributed by atoms with Crippen LogP contribution in [0.5, 0.6) is 0 Å². The Labute approximate surface area is 159 Å². The predicted octanol–water partition coefficient (Wildman–Crippen LogP) is 6.04. The van der Waals surface area contributed by atoms with Gasteiger partial charge in [0.05, 0.1) is 25.2 Å². The Balaban J connectivity index is 2.30. The van der Waals surface area contributed by atoms with Gasteiger partial charge in [-0.2, -0.15) is 0 Å². The molecule has 3 nitrogen and oxygen atoms in total. The van der Waals surface area contributed by atoms with Crippen molar-refractivity contribution in [2.24, 2.45) is 10.8 Å². The van der Waals surface area contributed by atoms with Gasteiger partial charge in [0.2, 0.25) is 0 Å². The molecule has 0 N–H and O–H groups in total. The molecule has 1 saturated heterocycles. The van der Waals surface area contributed by atoms with Crippen molar-refractivity contribution < 1.29 is 14.3 Å². The lowest BCUT2D eigenvalue weighted by atomic mass is 9.73. The summed E-state index contributed by atoms with van der Waals surface area (Å²) in [6.45, 7) is 14.2. The van der Waals surface area contributed by atoms with E-state index in [1.165, 1.54) is 0 Å². The fraction of sp³-hybridized carbons (Fsp3) is 0.696. The molecule has 0 aromatic heterocycles. The molecule has 26 heavy (non-hydrogen) atoms. The average Bonchev–Trinajstić information content (AvgIpc) is 2.55. The van der Waals surface area contributed by atoms with Crippen LogP contribution in [0.15, 0.2) is 24.3 Å². The van der Waals surface area contributed by atoms with Gasteiger partial charge < -0.3 is 9.47 Å². The lowest BCUT2D eigenvalue weighted by molar-refractivity contribution is -0.148. The second kappa shape index (κ2) is 8.56. The minimum Gasteiger partial charge on any atom is -0.465 e. The molecular formula is C23H36O3. The quantitative estimate of drug-likeness (QED) is 0.458. The van der Waals surface area contributed by atoms with Gasteiger partial charge in [0.15, 0.2) is 0 Å². The van der Waals surface area contributed by atoms with Crippen LogP contribution in [0.2, 0.25) is 0 Å². The van der Waals surface area contributed by atoms with Crippen LogP contribution in [0.1, 0.15) is 90.4 Å².